The number of oxazole rings is 1. The average Bonchev–Trinajstić information content (AvgIpc) is 2.73. The summed E-state index contributed by atoms with van der Waals surface area (Å²) in [4.78, 5) is 4.11. The topological polar surface area (TPSA) is 44.5 Å². The summed E-state index contributed by atoms with van der Waals surface area (Å²) in [5.41, 5.74) is 1.64. The zero-order valence-corrected chi connectivity index (χ0v) is 9.76. The Morgan fingerprint density at radius 1 is 1.41 bits per heavy atom. The largest absolute Gasteiger partial charge is 0.490 e. The van der Waals surface area contributed by atoms with Crippen LogP contribution in [0.25, 0.3) is 11.1 Å². The fourth-order valence-corrected chi connectivity index (χ4v) is 2.25. The molecule has 1 aliphatic rings. The maximum atomic E-state index is 5.87. The number of rotatable bonds is 4. The van der Waals surface area contributed by atoms with Crippen LogP contribution in [0.15, 0.2) is 29.0 Å². The number of ether oxygens (including phenoxy) is 2. The quantitative estimate of drug-likeness (QED) is 0.814. The molecule has 17 heavy (non-hydrogen) atoms. The number of nitrogens with zero attached hydrogens (tertiary/aromatic N) is 1. The van der Waals surface area contributed by atoms with Crippen molar-refractivity contribution < 1.29 is 13.9 Å². The van der Waals surface area contributed by atoms with E-state index in [1.54, 1.807) is 7.11 Å². The Labute approximate surface area is 99.5 Å². The van der Waals surface area contributed by atoms with Gasteiger partial charge in [-0.3, -0.25) is 0 Å². The molecule has 90 valence electrons. The molecule has 0 N–H and O–H groups in total. The molecule has 0 bridgehead atoms. The number of fused-ring (bicyclic) bond motifs is 1. The van der Waals surface area contributed by atoms with Crippen LogP contribution in [0.5, 0.6) is 5.75 Å². The molecule has 1 aromatic carbocycles. The van der Waals surface area contributed by atoms with Crippen LogP contribution in [0.2, 0.25) is 0 Å². The van der Waals surface area contributed by atoms with Crippen molar-refractivity contribution in [3.8, 4) is 5.75 Å². The Balaban J connectivity index is 1.62. The summed E-state index contributed by atoms with van der Waals surface area (Å²) in [5, 5.41) is 0. The van der Waals surface area contributed by atoms with E-state index in [1.165, 1.54) is 6.39 Å². The highest BCUT2D eigenvalue weighted by Gasteiger charge is 2.30. The van der Waals surface area contributed by atoms with Crippen molar-refractivity contribution in [2.75, 3.05) is 13.7 Å². The van der Waals surface area contributed by atoms with Gasteiger partial charge in [-0.25, -0.2) is 4.98 Å². The van der Waals surface area contributed by atoms with Crippen LogP contribution in [-0.4, -0.2) is 24.8 Å². The van der Waals surface area contributed by atoms with Gasteiger partial charge < -0.3 is 13.9 Å². The number of hydrogen-bond acceptors (Lipinski definition) is 4. The first-order valence-electron chi connectivity index (χ1n) is 5.84. The van der Waals surface area contributed by atoms with Gasteiger partial charge in [0.2, 0.25) is 0 Å². The molecule has 1 fully saturated rings. The zero-order valence-electron chi connectivity index (χ0n) is 9.76. The lowest BCUT2D eigenvalue weighted by atomic mass is 9.83. The predicted octanol–water partition coefficient (Wildman–Crippen LogP) is 2.63. The molecule has 0 saturated heterocycles. The average molecular weight is 233 g/mol. The standard InChI is InChI=1S/C13H15NO3/c1-15-7-9-4-11(5-9)17-10-2-3-13-12(6-10)14-8-16-13/h2-3,6,8-9,11H,4-5,7H2,1H3. The lowest BCUT2D eigenvalue weighted by molar-refractivity contribution is 0.0182. The fraction of sp³-hybridized carbons (Fsp3) is 0.462. The molecule has 1 heterocycles. The summed E-state index contributed by atoms with van der Waals surface area (Å²) in [6, 6.07) is 5.74. The molecule has 0 radical (unpaired) electrons. The smallest absolute Gasteiger partial charge is 0.181 e. The van der Waals surface area contributed by atoms with Gasteiger partial charge in [-0.05, 0) is 30.9 Å². The van der Waals surface area contributed by atoms with E-state index < -0.39 is 0 Å². The molecule has 0 aliphatic heterocycles. The van der Waals surface area contributed by atoms with Gasteiger partial charge >= 0.3 is 0 Å². The second kappa shape index (κ2) is 4.37. The van der Waals surface area contributed by atoms with Gasteiger partial charge in [0.1, 0.15) is 11.3 Å². The van der Waals surface area contributed by atoms with Gasteiger partial charge in [-0.1, -0.05) is 0 Å². The molecule has 2 aromatic rings. The molecule has 0 amide bonds. The lowest BCUT2D eigenvalue weighted by Gasteiger charge is -2.34. The van der Waals surface area contributed by atoms with Crippen molar-refractivity contribution in [3.05, 3.63) is 24.6 Å². The maximum Gasteiger partial charge on any atom is 0.181 e. The Kier molecular flexibility index (Phi) is 2.73. The highest BCUT2D eigenvalue weighted by Crippen LogP contribution is 2.32. The molecule has 0 unspecified atom stereocenters. The van der Waals surface area contributed by atoms with Gasteiger partial charge in [0.25, 0.3) is 0 Å². The normalized spacial score (nSPS) is 23.6. The van der Waals surface area contributed by atoms with E-state index in [-0.39, 0.29) is 0 Å². The van der Waals surface area contributed by atoms with Crippen molar-refractivity contribution in [1.29, 1.82) is 0 Å². The van der Waals surface area contributed by atoms with E-state index >= 15 is 0 Å². The van der Waals surface area contributed by atoms with E-state index in [4.69, 9.17) is 13.9 Å². The molecule has 3 rings (SSSR count). The predicted molar refractivity (Wildman–Crippen MR) is 63.0 cm³/mol. The first kappa shape index (κ1) is 10.6. The molecule has 1 saturated carbocycles. The molecular weight excluding hydrogens is 218 g/mol. The summed E-state index contributed by atoms with van der Waals surface area (Å²) in [7, 11) is 1.74. The van der Waals surface area contributed by atoms with Crippen LogP contribution in [-0.2, 0) is 4.74 Å². The molecule has 1 aliphatic carbocycles. The third-order valence-corrected chi connectivity index (χ3v) is 3.20. The van der Waals surface area contributed by atoms with Crippen LogP contribution >= 0.6 is 0 Å². The summed E-state index contributed by atoms with van der Waals surface area (Å²) in [6.07, 6.45) is 3.92. The van der Waals surface area contributed by atoms with Crippen molar-refractivity contribution in [2.45, 2.75) is 18.9 Å². The molecular formula is C13H15NO3. The molecule has 4 nitrogen and oxygen atoms in total. The van der Waals surface area contributed by atoms with E-state index in [9.17, 15) is 0 Å². The van der Waals surface area contributed by atoms with E-state index in [1.807, 2.05) is 18.2 Å². The highest BCUT2D eigenvalue weighted by molar-refractivity contribution is 5.73. The van der Waals surface area contributed by atoms with E-state index in [0.717, 1.165) is 36.3 Å². The molecule has 1 aromatic heterocycles. The van der Waals surface area contributed by atoms with E-state index in [0.29, 0.717) is 12.0 Å². The van der Waals surface area contributed by atoms with Crippen molar-refractivity contribution >= 4 is 11.1 Å². The van der Waals surface area contributed by atoms with Gasteiger partial charge in [-0.2, -0.15) is 0 Å². The van der Waals surface area contributed by atoms with Gasteiger partial charge in [0, 0.05) is 19.8 Å². The fourth-order valence-electron chi connectivity index (χ4n) is 2.25. The van der Waals surface area contributed by atoms with Crippen molar-refractivity contribution in [1.82, 2.24) is 4.98 Å². The van der Waals surface area contributed by atoms with E-state index in [2.05, 4.69) is 4.98 Å². The monoisotopic (exact) mass is 233 g/mol. The Bertz CT molecular complexity index is 502. The van der Waals surface area contributed by atoms with Crippen molar-refractivity contribution in [3.63, 3.8) is 0 Å². The maximum absolute atomic E-state index is 5.87. The highest BCUT2D eigenvalue weighted by atomic mass is 16.5. The lowest BCUT2D eigenvalue weighted by Crippen LogP contribution is -2.36. The second-order valence-corrected chi connectivity index (χ2v) is 4.51. The van der Waals surface area contributed by atoms with Crippen LogP contribution in [0.4, 0.5) is 0 Å². The minimum absolute atomic E-state index is 0.319. The third kappa shape index (κ3) is 2.13. The third-order valence-electron chi connectivity index (χ3n) is 3.20. The second-order valence-electron chi connectivity index (χ2n) is 4.51. The first-order chi connectivity index (χ1) is 8.35. The first-order valence-corrected chi connectivity index (χ1v) is 5.84. The Morgan fingerprint density at radius 2 is 2.29 bits per heavy atom. The van der Waals surface area contributed by atoms with Crippen LogP contribution in [0.3, 0.4) is 0 Å². The van der Waals surface area contributed by atoms with Gasteiger partial charge in [-0.15, -0.1) is 0 Å². The summed E-state index contributed by atoms with van der Waals surface area (Å²) >= 11 is 0. The summed E-state index contributed by atoms with van der Waals surface area (Å²) in [6.45, 7) is 0.835. The number of hydrogen-bond donors (Lipinski definition) is 0. The molecule has 4 heteroatoms. The SMILES string of the molecule is COCC1CC(Oc2ccc3ocnc3c2)C1. The minimum Gasteiger partial charge on any atom is -0.490 e. The van der Waals surface area contributed by atoms with Crippen molar-refractivity contribution in [2.24, 2.45) is 5.92 Å². The molecule has 0 atom stereocenters. The number of aromatic nitrogens is 1. The van der Waals surface area contributed by atoms with Gasteiger partial charge in [0.15, 0.2) is 12.0 Å². The Morgan fingerprint density at radius 3 is 3.12 bits per heavy atom. The minimum atomic E-state index is 0.319. The van der Waals surface area contributed by atoms with Gasteiger partial charge in [0.05, 0.1) is 6.10 Å². The summed E-state index contributed by atoms with van der Waals surface area (Å²) in [5.74, 6) is 1.52. The number of methoxy groups -OCH3 is 1. The van der Waals surface area contributed by atoms with Crippen LogP contribution < -0.4 is 4.74 Å². The zero-order chi connectivity index (χ0) is 11.7. The van der Waals surface area contributed by atoms with Crippen LogP contribution in [0.1, 0.15) is 12.8 Å². The Hall–Kier alpha value is -1.55. The number of benzene rings is 1. The summed E-state index contributed by atoms with van der Waals surface area (Å²) < 4.78 is 16.2. The van der Waals surface area contributed by atoms with Crippen LogP contribution in [0, 0.1) is 5.92 Å². The molecule has 0 spiro atoms.